The van der Waals surface area contributed by atoms with Crippen molar-refractivity contribution in [3.8, 4) is 11.1 Å². The standard InChI is InChI=1S/C63H67BN2S/c1-38-32-53-56-54(33-38)66(52-37-49-48(62(11,12)30-31-63(49,13)14)36-46(52)45-21-17-19-39-18-15-16-20-44(39)45)51-28-24-42(61(8,9)10)35-50(51)64(56)58-57(47-34-41(60(5,6)7)25-29-55(47)67-58)65(53)43-26-22-40(23-27-43)59(2,3)4/h15-29,32-37H,30-31H2,1-14H3. The molecule has 8 aromatic rings. The maximum Gasteiger partial charge on any atom is 0.264 e. The van der Waals surface area contributed by atoms with Crippen LogP contribution in [0.15, 0.2) is 127 Å². The van der Waals surface area contributed by atoms with Crippen LogP contribution in [0.1, 0.15) is 136 Å². The van der Waals surface area contributed by atoms with Crippen molar-refractivity contribution in [1.29, 1.82) is 0 Å². The molecule has 0 atom stereocenters. The third-order valence-electron chi connectivity index (χ3n) is 15.8. The molecule has 0 saturated heterocycles. The fraction of sp³-hybridized carbons (Fsp3) is 0.333. The van der Waals surface area contributed by atoms with Crippen LogP contribution in [0.25, 0.3) is 32.0 Å². The van der Waals surface area contributed by atoms with Crippen LogP contribution in [0.4, 0.5) is 34.1 Å². The molecule has 0 unspecified atom stereocenters. The summed E-state index contributed by atoms with van der Waals surface area (Å²) >= 11 is 2.00. The van der Waals surface area contributed by atoms with E-state index in [0.717, 1.165) is 12.8 Å². The largest absolute Gasteiger partial charge is 0.311 e. The minimum absolute atomic E-state index is 0.0124. The summed E-state index contributed by atoms with van der Waals surface area (Å²) in [7, 11) is 0. The van der Waals surface area contributed by atoms with Crippen molar-refractivity contribution in [2.75, 3.05) is 9.80 Å². The van der Waals surface area contributed by atoms with Crippen LogP contribution >= 0.6 is 11.3 Å². The molecule has 2 nitrogen and oxygen atoms in total. The average molecular weight is 895 g/mol. The summed E-state index contributed by atoms with van der Waals surface area (Å²) in [6.45, 7) is 33.3. The Morgan fingerprint density at radius 2 is 1.09 bits per heavy atom. The predicted molar refractivity (Wildman–Crippen MR) is 295 cm³/mol. The molecule has 0 fully saturated rings. The van der Waals surface area contributed by atoms with Gasteiger partial charge in [-0.05, 0) is 162 Å². The highest BCUT2D eigenvalue weighted by Crippen LogP contribution is 2.54. The van der Waals surface area contributed by atoms with Gasteiger partial charge in [0.1, 0.15) is 0 Å². The molecule has 11 rings (SSSR count). The van der Waals surface area contributed by atoms with E-state index in [1.54, 1.807) is 0 Å². The van der Waals surface area contributed by atoms with E-state index in [1.165, 1.54) is 115 Å². The molecule has 2 aliphatic heterocycles. The number of hydrogen-bond acceptors (Lipinski definition) is 3. The molecular weight excluding hydrogens is 828 g/mol. The summed E-state index contributed by atoms with van der Waals surface area (Å²) in [5, 5.41) is 3.90. The number of anilines is 6. The van der Waals surface area contributed by atoms with Gasteiger partial charge in [-0.2, -0.15) is 0 Å². The normalized spacial score (nSPS) is 16.2. The van der Waals surface area contributed by atoms with Crippen molar-refractivity contribution >= 4 is 88.7 Å². The van der Waals surface area contributed by atoms with Gasteiger partial charge in [0.15, 0.2) is 0 Å². The summed E-state index contributed by atoms with van der Waals surface area (Å²) in [6.07, 6.45) is 2.32. The predicted octanol–water partition coefficient (Wildman–Crippen LogP) is 16.4. The van der Waals surface area contributed by atoms with E-state index in [0.29, 0.717) is 0 Å². The Kier molecular flexibility index (Phi) is 9.65. The summed E-state index contributed by atoms with van der Waals surface area (Å²) in [5.74, 6) is 0. The van der Waals surface area contributed by atoms with Gasteiger partial charge in [-0.15, -0.1) is 11.3 Å². The lowest BCUT2D eigenvalue weighted by Gasteiger charge is -2.46. The van der Waals surface area contributed by atoms with Gasteiger partial charge >= 0.3 is 0 Å². The average Bonchev–Trinajstić information content (AvgIpc) is 3.65. The Balaban J connectivity index is 1.28. The maximum absolute atomic E-state index is 2.70. The first-order valence-corrected chi connectivity index (χ1v) is 25.6. The van der Waals surface area contributed by atoms with E-state index >= 15 is 0 Å². The minimum atomic E-state index is -0.0358. The zero-order valence-corrected chi connectivity index (χ0v) is 43.2. The van der Waals surface area contributed by atoms with Crippen LogP contribution in [0.2, 0.25) is 0 Å². The Labute approximate surface area is 405 Å². The van der Waals surface area contributed by atoms with E-state index in [9.17, 15) is 0 Å². The molecule has 3 aliphatic rings. The quantitative estimate of drug-likeness (QED) is 0.163. The van der Waals surface area contributed by atoms with Crippen molar-refractivity contribution in [3.05, 3.63) is 161 Å². The van der Waals surface area contributed by atoms with E-state index in [-0.39, 0.29) is 33.8 Å². The molecule has 0 amide bonds. The van der Waals surface area contributed by atoms with Gasteiger partial charge in [-0.1, -0.05) is 163 Å². The third-order valence-corrected chi connectivity index (χ3v) is 17.0. The van der Waals surface area contributed by atoms with Crippen LogP contribution in [-0.4, -0.2) is 6.71 Å². The van der Waals surface area contributed by atoms with Crippen LogP contribution in [0.5, 0.6) is 0 Å². The zero-order chi connectivity index (χ0) is 47.3. The lowest BCUT2D eigenvalue weighted by atomic mass is 9.36. The monoisotopic (exact) mass is 895 g/mol. The number of aryl methyl sites for hydroxylation is 1. The van der Waals surface area contributed by atoms with Gasteiger partial charge in [-0.3, -0.25) is 0 Å². The summed E-state index contributed by atoms with van der Waals surface area (Å²) in [6, 6.07) is 50.4. The molecule has 0 saturated carbocycles. The molecule has 7 aromatic carbocycles. The van der Waals surface area contributed by atoms with Gasteiger partial charge in [-0.25, -0.2) is 0 Å². The number of nitrogens with zero attached hydrogens (tertiary/aromatic N) is 2. The van der Waals surface area contributed by atoms with Crippen LogP contribution < -0.4 is 25.5 Å². The molecular formula is C63H67BN2S. The van der Waals surface area contributed by atoms with Crippen molar-refractivity contribution in [1.82, 2.24) is 0 Å². The molecule has 3 heterocycles. The fourth-order valence-corrected chi connectivity index (χ4v) is 13.0. The SMILES string of the molecule is Cc1cc2c3c(c1)N(c1ccc(C(C)(C)C)cc1)c1c(sc4ccc(C(C)(C)C)cc14)B3c1cc(C(C)(C)C)ccc1N2c1cc2c(cc1-c1cccc3ccccc13)C(C)(C)CCC2(C)C. The van der Waals surface area contributed by atoms with Crippen LogP contribution in [0, 0.1) is 6.92 Å². The lowest BCUT2D eigenvalue weighted by molar-refractivity contribution is 0.332. The van der Waals surface area contributed by atoms with E-state index < -0.39 is 0 Å². The van der Waals surface area contributed by atoms with E-state index in [2.05, 4.69) is 234 Å². The van der Waals surface area contributed by atoms with Crippen LogP contribution in [-0.2, 0) is 27.1 Å². The second-order valence-electron chi connectivity index (χ2n) is 24.6. The van der Waals surface area contributed by atoms with Crippen molar-refractivity contribution in [2.24, 2.45) is 0 Å². The van der Waals surface area contributed by atoms with Gasteiger partial charge in [0.2, 0.25) is 0 Å². The number of benzene rings is 7. The van der Waals surface area contributed by atoms with E-state index in [1.807, 2.05) is 11.3 Å². The summed E-state index contributed by atoms with van der Waals surface area (Å²) in [4.78, 5) is 5.35. The Hall–Kier alpha value is -5.58. The summed E-state index contributed by atoms with van der Waals surface area (Å²) < 4.78 is 2.77. The molecule has 1 aromatic heterocycles. The maximum atomic E-state index is 2.70. The molecule has 0 radical (unpaired) electrons. The molecule has 67 heavy (non-hydrogen) atoms. The molecule has 0 bridgehead atoms. The molecule has 4 heteroatoms. The Morgan fingerprint density at radius 1 is 0.507 bits per heavy atom. The molecule has 0 N–H and O–H groups in total. The van der Waals surface area contributed by atoms with Gasteiger partial charge in [0.05, 0.1) is 11.4 Å². The second-order valence-corrected chi connectivity index (χ2v) is 25.7. The zero-order valence-electron chi connectivity index (χ0n) is 42.4. The minimum Gasteiger partial charge on any atom is -0.311 e. The number of fused-ring (bicyclic) bond motifs is 8. The third kappa shape index (κ3) is 6.94. The molecule has 0 spiro atoms. The first-order valence-electron chi connectivity index (χ1n) is 24.8. The molecule has 1 aliphatic carbocycles. The van der Waals surface area contributed by atoms with Gasteiger partial charge in [0.25, 0.3) is 6.71 Å². The number of thiophene rings is 1. The highest BCUT2D eigenvalue weighted by Gasteiger charge is 2.47. The molecule has 338 valence electrons. The van der Waals surface area contributed by atoms with Crippen molar-refractivity contribution < 1.29 is 0 Å². The van der Waals surface area contributed by atoms with Crippen molar-refractivity contribution in [2.45, 2.75) is 137 Å². The fourth-order valence-electron chi connectivity index (χ4n) is 11.7. The summed E-state index contributed by atoms with van der Waals surface area (Å²) in [5.41, 5.74) is 21.4. The number of hydrogen-bond donors (Lipinski definition) is 0. The highest BCUT2D eigenvalue weighted by atomic mass is 32.1. The first-order chi connectivity index (χ1) is 31.5. The number of rotatable bonds is 3. The Bertz CT molecular complexity index is 3320. The van der Waals surface area contributed by atoms with E-state index in [4.69, 9.17) is 0 Å². The van der Waals surface area contributed by atoms with Crippen LogP contribution in [0.3, 0.4) is 0 Å². The van der Waals surface area contributed by atoms with Gasteiger partial charge < -0.3 is 9.80 Å². The Morgan fingerprint density at radius 3 is 1.76 bits per heavy atom. The first kappa shape index (κ1) is 44.0. The lowest BCUT2D eigenvalue weighted by Crippen LogP contribution is -2.60. The second kappa shape index (κ2) is 14.7. The van der Waals surface area contributed by atoms with Gasteiger partial charge in [0, 0.05) is 43.2 Å². The highest BCUT2D eigenvalue weighted by molar-refractivity contribution is 7.33. The smallest absolute Gasteiger partial charge is 0.264 e. The van der Waals surface area contributed by atoms with Crippen molar-refractivity contribution in [3.63, 3.8) is 0 Å². The topological polar surface area (TPSA) is 6.48 Å².